The summed E-state index contributed by atoms with van der Waals surface area (Å²) in [6.07, 6.45) is 0.525. The number of methoxy groups -OCH3 is 3. The summed E-state index contributed by atoms with van der Waals surface area (Å²) < 4.78 is 16.0. The standard InChI is InChI=1S/C25H24N2O5/c1-30-18-11-9-16(10-12-18)20-15-21(27(26-20)17-7-5-4-6-8-17)19-13-14-22(31-2)24(32-3)23(19)25(28)29/h4-14,21H,15H2,1-3H3,(H,28,29). The van der Waals surface area contributed by atoms with E-state index in [1.165, 1.54) is 14.2 Å². The third kappa shape index (κ3) is 3.85. The summed E-state index contributed by atoms with van der Waals surface area (Å²) in [5.74, 6) is 0.246. The smallest absolute Gasteiger partial charge is 0.339 e. The molecule has 0 amide bonds. The zero-order valence-corrected chi connectivity index (χ0v) is 18.1. The van der Waals surface area contributed by atoms with Crippen molar-refractivity contribution in [2.75, 3.05) is 26.3 Å². The number of benzene rings is 3. The molecule has 4 rings (SSSR count). The van der Waals surface area contributed by atoms with Gasteiger partial charge in [-0.15, -0.1) is 0 Å². The first kappa shape index (κ1) is 21.2. The Morgan fingerprint density at radius 1 is 0.938 bits per heavy atom. The van der Waals surface area contributed by atoms with Crippen LogP contribution in [0.1, 0.15) is 33.9 Å². The molecule has 3 aromatic carbocycles. The van der Waals surface area contributed by atoms with E-state index in [1.807, 2.05) is 59.6 Å². The molecule has 0 aliphatic carbocycles. The van der Waals surface area contributed by atoms with Crippen molar-refractivity contribution in [1.29, 1.82) is 0 Å². The molecule has 7 heteroatoms. The number of hydrazone groups is 1. The number of ether oxygens (including phenoxy) is 3. The first-order valence-corrected chi connectivity index (χ1v) is 10.1. The van der Waals surface area contributed by atoms with Gasteiger partial charge in [-0.1, -0.05) is 24.3 Å². The number of para-hydroxylation sites is 1. The average Bonchev–Trinajstić information content (AvgIpc) is 3.28. The lowest BCUT2D eigenvalue weighted by Crippen LogP contribution is -2.21. The van der Waals surface area contributed by atoms with Crippen LogP contribution in [-0.4, -0.2) is 38.1 Å². The van der Waals surface area contributed by atoms with E-state index in [1.54, 1.807) is 19.2 Å². The maximum absolute atomic E-state index is 12.3. The minimum atomic E-state index is -1.08. The first-order chi connectivity index (χ1) is 15.6. The van der Waals surface area contributed by atoms with Crippen LogP contribution in [0.4, 0.5) is 5.69 Å². The second kappa shape index (κ2) is 9.01. The minimum absolute atomic E-state index is 0.0731. The minimum Gasteiger partial charge on any atom is -0.497 e. The third-order valence-corrected chi connectivity index (χ3v) is 5.51. The van der Waals surface area contributed by atoms with Crippen LogP contribution >= 0.6 is 0 Å². The van der Waals surface area contributed by atoms with E-state index < -0.39 is 5.97 Å². The van der Waals surface area contributed by atoms with Crippen LogP contribution in [0.15, 0.2) is 71.8 Å². The second-order valence-corrected chi connectivity index (χ2v) is 7.25. The molecule has 1 aliphatic heterocycles. The highest BCUT2D eigenvalue weighted by atomic mass is 16.5. The van der Waals surface area contributed by atoms with Crippen molar-refractivity contribution in [3.63, 3.8) is 0 Å². The summed E-state index contributed by atoms with van der Waals surface area (Å²) in [7, 11) is 4.55. The van der Waals surface area contributed by atoms with Gasteiger partial charge in [-0.3, -0.25) is 5.01 Å². The molecule has 32 heavy (non-hydrogen) atoms. The van der Waals surface area contributed by atoms with E-state index in [9.17, 15) is 9.90 Å². The first-order valence-electron chi connectivity index (χ1n) is 10.1. The highest BCUT2D eigenvalue weighted by Crippen LogP contribution is 2.43. The van der Waals surface area contributed by atoms with Gasteiger partial charge in [0, 0.05) is 6.42 Å². The Labute approximate surface area is 186 Å². The Kier molecular flexibility index (Phi) is 5.98. The van der Waals surface area contributed by atoms with Crippen LogP contribution in [0.25, 0.3) is 0 Å². The molecule has 0 fully saturated rings. The number of aromatic carboxylic acids is 1. The summed E-state index contributed by atoms with van der Waals surface area (Å²) in [4.78, 5) is 12.3. The molecular weight excluding hydrogens is 408 g/mol. The van der Waals surface area contributed by atoms with Crippen LogP contribution in [0.3, 0.4) is 0 Å². The number of nitrogens with zero attached hydrogens (tertiary/aromatic N) is 2. The number of hydrogen-bond donors (Lipinski definition) is 1. The van der Waals surface area contributed by atoms with E-state index in [0.717, 1.165) is 22.7 Å². The van der Waals surface area contributed by atoms with Crippen LogP contribution in [0.5, 0.6) is 17.2 Å². The molecule has 0 saturated heterocycles. The number of carboxylic acid groups (broad SMARTS) is 1. The molecule has 0 saturated carbocycles. The van der Waals surface area contributed by atoms with Gasteiger partial charge in [-0.05, 0) is 53.6 Å². The fourth-order valence-corrected chi connectivity index (χ4v) is 3.97. The molecule has 7 nitrogen and oxygen atoms in total. The average molecular weight is 432 g/mol. The zero-order chi connectivity index (χ0) is 22.7. The SMILES string of the molecule is COc1ccc(C2=NN(c3ccccc3)C(c3ccc(OC)c(OC)c3C(=O)O)C2)cc1. The van der Waals surface area contributed by atoms with Crippen molar-refractivity contribution in [2.45, 2.75) is 12.5 Å². The Morgan fingerprint density at radius 2 is 1.66 bits per heavy atom. The predicted octanol–water partition coefficient (Wildman–Crippen LogP) is 4.77. The Hall–Kier alpha value is -4.00. The summed E-state index contributed by atoms with van der Waals surface area (Å²) in [5.41, 5.74) is 3.35. The van der Waals surface area contributed by atoms with E-state index in [-0.39, 0.29) is 17.4 Å². The summed E-state index contributed by atoms with van der Waals surface area (Å²) in [6, 6.07) is 20.6. The molecule has 3 aromatic rings. The van der Waals surface area contributed by atoms with Crippen molar-refractivity contribution in [3.05, 3.63) is 83.4 Å². The summed E-state index contributed by atoms with van der Waals surface area (Å²) in [5, 5.41) is 16.8. The quantitative estimate of drug-likeness (QED) is 0.580. The van der Waals surface area contributed by atoms with E-state index in [0.29, 0.717) is 17.7 Å². The fraction of sp³-hybridized carbons (Fsp3) is 0.200. The van der Waals surface area contributed by atoms with Crippen molar-refractivity contribution < 1.29 is 24.1 Å². The van der Waals surface area contributed by atoms with Crippen molar-refractivity contribution >= 4 is 17.4 Å². The Bertz CT molecular complexity index is 1140. The Morgan fingerprint density at radius 3 is 2.25 bits per heavy atom. The van der Waals surface area contributed by atoms with E-state index in [2.05, 4.69) is 0 Å². The molecule has 0 bridgehead atoms. The van der Waals surface area contributed by atoms with Gasteiger partial charge >= 0.3 is 5.97 Å². The maximum atomic E-state index is 12.3. The number of carbonyl (C=O) groups is 1. The van der Waals surface area contributed by atoms with Gasteiger partial charge < -0.3 is 19.3 Å². The molecule has 1 unspecified atom stereocenters. The Balaban J connectivity index is 1.83. The zero-order valence-electron chi connectivity index (χ0n) is 18.1. The third-order valence-electron chi connectivity index (χ3n) is 5.51. The number of anilines is 1. The maximum Gasteiger partial charge on any atom is 0.339 e. The highest BCUT2D eigenvalue weighted by Gasteiger charge is 2.35. The summed E-state index contributed by atoms with van der Waals surface area (Å²) >= 11 is 0. The molecule has 1 N–H and O–H groups in total. The molecule has 0 aromatic heterocycles. The van der Waals surface area contributed by atoms with E-state index >= 15 is 0 Å². The van der Waals surface area contributed by atoms with Gasteiger partial charge in [0.15, 0.2) is 11.5 Å². The van der Waals surface area contributed by atoms with Gasteiger partial charge in [0.2, 0.25) is 0 Å². The lowest BCUT2D eigenvalue weighted by atomic mass is 9.93. The van der Waals surface area contributed by atoms with Gasteiger partial charge in [-0.25, -0.2) is 4.79 Å². The monoisotopic (exact) mass is 432 g/mol. The molecule has 0 spiro atoms. The molecule has 1 atom stereocenters. The van der Waals surface area contributed by atoms with Gasteiger partial charge in [0.1, 0.15) is 11.3 Å². The van der Waals surface area contributed by atoms with Gasteiger partial charge in [0.25, 0.3) is 0 Å². The largest absolute Gasteiger partial charge is 0.497 e. The number of carboxylic acids is 1. The normalized spacial score (nSPS) is 15.3. The molecular formula is C25H24N2O5. The molecule has 0 radical (unpaired) electrons. The molecule has 1 aliphatic rings. The van der Waals surface area contributed by atoms with Crippen molar-refractivity contribution in [2.24, 2.45) is 5.10 Å². The second-order valence-electron chi connectivity index (χ2n) is 7.25. The molecule has 164 valence electrons. The lowest BCUT2D eigenvalue weighted by molar-refractivity contribution is 0.0690. The molecule has 1 heterocycles. The van der Waals surface area contributed by atoms with Crippen LogP contribution in [0, 0.1) is 0 Å². The van der Waals surface area contributed by atoms with Crippen molar-refractivity contribution in [3.8, 4) is 17.2 Å². The predicted molar refractivity (Wildman–Crippen MR) is 122 cm³/mol. The lowest BCUT2D eigenvalue weighted by Gasteiger charge is -2.26. The van der Waals surface area contributed by atoms with Crippen molar-refractivity contribution in [1.82, 2.24) is 0 Å². The van der Waals surface area contributed by atoms with Gasteiger partial charge in [-0.2, -0.15) is 5.10 Å². The number of hydrogen-bond acceptors (Lipinski definition) is 6. The van der Waals surface area contributed by atoms with Crippen LogP contribution in [-0.2, 0) is 0 Å². The van der Waals surface area contributed by atoms with Crippen LogP contribution < -0.4 is 19.2 Å². The highest BCUT2D eigenvalue weighted by molar-refractivity contribution is 6.04. The fourth-order valence-electron chi connectivity index (χ4n) is 3.97. The number of rotatable bonds is 7. The van der Waals surface area contributed by atoms with E-state index in [4.69, 9.17) is 19.3 Å². The topological polar surface area (TPSA) is 80.6 Å². The van der Waals surface area contributed by atoms with Gasteiger partial charge in [0.05, 0.1) is 38.8 Å². The summed E-state index contributed by atoms with van der Waals surface area (Å²) in [6.45, 7) is 0. The van der Waals surface area contributed by atoms with Crippen LogP contribution in [0.2, 0.25) is 0 Å².